The van der Waals surface area contributed by atoms with E-state index in [1.54, 1.807) is 22.9 Å². The average Bonchev–Trinajstić information content (AvgIpc) is 3.30. The van der Waals surface area contributed by atoms with Crippen LogP contribution in [-0.2, 0) is 17.6 Å². The van der Waals surface area contributed by atoms with Gasteiger partial charge in [0.05, 0.1) is 10.7 Å². The first kappa shape index (κ1) is 17.4. The van der Waals surface area contributed by atoms with Crippen molar-refractivity contribution in [3.8, 4) is 5.69 Å². The lowest BCUT2D eigenvalue weighted by molar-refractivity contribution is -0.141. The second-order valence-corrected chi connectivity index (χ2v) is 7.47. The summed E-state index contributed by atoms with van der Waals surface area (Å²) in [6.45, 7) is 0.444. The first-order valence-electron chi connectivity index (χ1n) is 8.57. The van der Waals surface area contributed by atoms with Crippen molar-refractivity contribution in [2.75, 3.05) is 6.54 Å². The van der Waals surface area contributed by atoms with Gasteiger partial charge in [-0.15, -0.1) is 0 Å². The number of nitrogens with zero attached hydrogens (tertiary/aromatic N) is 3. The summed E-state index contributed by atoms with van der Waals surface area (Å²) in [5, 5.41) is 14.9. The zero-order chi connectivity index (χ0) is 18.4. The second-order valence-electron chi connectivity index (χ2n) is 6.63. The van der Waals surface area contributed by atoms with E-state index in [1.165, 1.54) is 4.90 Å². The number of carbonyl (C=O) groups excluding carboxylic acids is 1. The summed E-state index contributed by atoms with van der Waals surface area (Å²) in [6.07, 6.45) is 3.66. The molecule has 1 atom stereocenters. The zero-order valence-corrected chi connectivity index (χ0v) is 15.4. The lowest BCUT2D eigenvalue weighted by Crippen LogP contribution is -2.40. The summed E-state index contributed by atoms with van der Waals surface area (Å²) in [6, 6.07) is 4.38. The maximum absolute atomic E-state index is 13.0. The Kier molecular flexibility index (Phi) is 4.40. The SMILES string of the molecule is O=C(O)[C@H]1CCCN1C(=O)c1nn(-c2ccc(Cl)cc2Cl)c2c1CCC2. The van der Waals surface area contributed by atoms with E-state index in [1.807, 2.05) is 0 Å². The molecule has 1 aromatic carbocycles. The van der Waals surface area contributed by atoms with Gasteiger partial charge < -0.3 is 10.0 Å². The second kappa shape index (κ2) is 6.59. The van der Waals surface area contributed by atoms with Gasteiger partial charge in [0.25, 0.3) is 5.91 Å². The van der Waals surface area contributed by atoms with Gasteiger partial charge in [0, 0.05) is 22.8 Å². The van der Waals surface area contributed by atoms with Crippen LogP contribution in [0.1, 0.15) is 41.0 Å². The highest BCUT2D eigenvalue weighted by Crippen LogP contribution is 2.33. The average molecular weight is 394 g/mol. The van der Waals surface area contributed by atoms with Crippen LogP contribution in [0.4, 0.5) is 0 Å². The number of aliphatic carboxylic acids is 1. The molecule has 2 aromatic rings. The van der Waals surface area contributed by atoms with Gasteiger partial charge >= 0.3 is 5.97 Å². The molecular weight excluding hydrogens is 377 g/mol. The number of carboxylic acid groups (broad SMARTS) is 1. The number of halogens is 2. The van der Waals surface area contributed by atoms with Crippen molar-refractivity contribution in [1.82, 2.24) is 14.7 Å². The normalized spacial score (nSPS) is 19.0. The highest BCUT2D eigenvalue weighted by atomic mass is 35.5. The first-order valence-corrected chi connectivity index (χ1v) is 9.33. The summed E-state index contributed by atoms with van der Waals surface area (Å²) in [4.78, 5) is 25.9. The van der Waals surface area contributed by atoms with Gasteiger partial charge in [-0.1, -0.05) is 23.2 Å². The van der Waals surface area contributed by atoms with E-state index < -0.39 is 12.0 Å². The zero-order valence-electron chi connectivity index (χ0n) is 13.9. The Morgan fingerprint density at radius 1 is 1.19 bits per heavy atom. The molecule has 136 valence electrons. The summed E-state index contributed by atoms with van der Waals surface area (Å²) in [5.74, 6) is -1.27. The molecule has 1 fully saturated rings. The summed E-state index contributed by atoms with van der Waals surface area (Å²) in [7, 11) is 0. The predicted octanol–water partition coefficient (Wildman–Crippen LogP) is 3.36. The molecule has 0 spiro atoms. The number of amides is 1. The number of aromatic nitrogens is 2. The summed E-state index contributed by atoms with van der Waals surface area (Å²) >= 11 is 12.3. The van der Waals surface area contributed by atoms with Gasteiger partial charge in [-0.05, 0) is 50.3 Å². The van der Waals surface area contributed by atoms with Gasteiger partial charge in [0.1, 0.15) is 6.04 Å². The van der Waals surface area contributed by atoms with E-state index in [4.69, 9.17) is 23.2 Å². The molecule has 1 aliphatic carbocycles. The number of likely N-dealkylation sites (tertiary alicyclic amines) is 1. The fraction of sp³-hybridized carbons (Fsp3) is 0.389. The van der Waals surface area contributed by atoms with Crippen LogP contribution in [0.3, 0.4) is 0 Å². The first-order chi connectivity index (χ1) is 12.5. The van der Waals surface area contributed by atoms with Gasteiger partial charge in [-0.3, -0.25) is 4.79 Å². The predicted molar refractivity (Wildman–Crippen MR) is 97.3 cm³/mol. The number of hydrogen-bond acceptors (Lipinski definition) is 3. The van der Waals surface area contributed by atoms with E-state index in [0.29, 0.717) is 40.8 Å². The Bertz CT molecular complexity index is 909. The van der Waals surface area contributed by atoms with Crippen molar-refractivity contribution in [2.24, 2.45) is 0 Å². The number of hydrogen-bond donors (Lipinski definition) is 1. The van der Waals surface area contributed by atoms with E-state index in [9.17, 15) is 14.7 Å². The lowest BCUT2D eigenvalue weighted by Gasteiger charge is -2.20. The molecule has 2 heterocycles. The number of benzene rings is 1. The molecule has 1 N–H and O–H groups in total. The molecule has 1 saturated heterocycles. The Morgan fingerprint density at radius 2 is 2.00 bits per heavy atom. The van der Waals surface area contributed by atoms with Crippen LogP contribution in [0.5, 0.6) is 0 Å². The largest absolute Gasteiger partial charge is 0.480 e. The molecular formula is C18H17Cl2N3O3. The quantitative estimate of drug-likeness (QED) is 0.867. The minimum Gasteiger partial charge on any atom is -0.480 e. The Hall–Kier alpha value is -2.05. The van der Waals surface area contributed by atoms with E-state index in [2.05, 4.69) is 5.10 Å². The van der Waals surface area contributed by atoms with Crippen LogP contribution in [0.2, 0.25) is 10.0 Å². The summed E-state index contributed by atoms with van der Waals surface area (Å²) in [5.41, 5.74) is 2.88. The fourth-order valence-electron chi connectivity index (χ4n) is 3.86. The van der Waals surface area contributed by atoms with Gasteiger partial charge in [0.15, 0.2) is 5.69 Å². The van der Waals surface area contributed by atoms with Crippen molar-refractivity contribution < 1.29 is 14.7 Å². The highest BCUT2D eigenvalue weighted by Gasteiger charge is 2.38. The van der Waals surface area contributed by atoms with E-state index in [-0.39, 0.29) is 5.91 Å². The number of fused-ring (bicyclic) bond motifs is 1. The van der Waals surface area contributed by atoms with Crippen molar-refractivity contribution in [3.05, 3.63) is 45.2 Å². The third-order valence-corrected chi connectivity index (χ3v) is 5.61. The minimum atomic E-state index is -0.965. The van der Waals surface area contributed by atoms with Gasteiger partial charge in [-0.25, -0.2) is 9.48 Å². The van der Waals surface area contributed by atoms with Crippen LogP contribution in [0.25, 0.3) is 5.69 Å². The van der Waals surface area contributed by atoms with Crippen molar-refractivity contribution >= 4 is 35.1 Å². The maximum Gasteiger partial charge on any atom is 0.326 e. The molecule has 0 saturated carbocycles. The van der Waals surface area contributed by atoms with Crippen LogP contribution < -0.4 is 0 Å². The van der Waals surface area contributed by atoms with Crippen LogP contribution >= 0.6 is 23.2 Å². The fourth-order valence-corrected chi connectivity index (χ4v) is 4.35. The summed E-state index contributed by atoms with van der Waals surface area (Å²) < 4.78 is 1.71. The van der Waals surface area contributed by atoms with E-state index >= 15 is 0 Å². The maximum atomic E-state index is 13.0. The van der Waals surface area contributed by atoms with Gasteiger partial charge in [-0.2, -0.15) is 5.10 Å². The molecule has 8 heteroatoms. The Morgan fingerprint density at radius 3 is 2.73 bits per heavy atom. The number of carboxylic acids is 1. The molecule has 4 rings (SSSR count). The molecule has 1 amide bonds. The molecule has 0 bridgehead atoms. The molecule has 2 aliphatic rings. The van der Waals surface area contributed by atoms with Crippen molar-refractivity contribution in [1.29, 1.82) is 0 Å². The Balaban J connectivity index is 1.77. The minimum absolute atomic E-state index is 0.308. The molecule has 1 aromatic heterocycles. The molecule has 6 nitrogen and oxygen atoms in total. The lowest BCUT2D eigenvalue weighted by atomic mass is 10.1. The standard InChI is InChI=1S/C18H17Cl2N3O3/c19-10-6-7-14(12(20)9-10)23-13-4-1-3-11(13)16(21-23)17(24)22-8-2-5-15(22)18(25)26/h6-7,9,15H,1-5,8H2,(H,25,26)/t15-/m1/s1. The third kappa shape index (κ3) is 2.77. The number of carbonyl (C=O) groups is 2. The van der Waals surface area contributed by atoms with Gasteiger partial charge in [0.2, 0.25) is 0 Å². The number of rotatable bonds is 3. The molecule has 26 heavy (non-hydrogen) atoms. The van der Waals surface area contributed by atoms with Crippen molar-refractivity contribution in [3.63, 3.8) is 0 Å². The Labute approximate surface area is 160 Å². The smallest absolute Gasteiger partial charge is 0.326 e. The van der Waals surface area contributed by atoms with Crippen LogP contribution in [0, 0.1) is 0 Å². The monoisotopic (exact) mass is 393 g/mol. The molecule has 1 aliphatic heterocycles. The van der Waals surface area contributed by atoms with E-state index in [0.717, 1.165) is 30.5 Å². The van der Waals surface area contributed by atoms with Crippen molar-refractivity contribution in [2.45, 2.75) is 38.1 Å². The molecule has 0 unspecified atom stereocenters. The highest BCUT2D eigenvalue weighted by molar-refractivity contribution is 6.35. The molecule has 0 radical (unpaired) electrons. The van der Waals surface area contributed by atoms with Crippen LogP contribution in [0.15, 0.2) is 18.2 Å². The third-order valence-electron chi connectivity index (χ3n) is 5.07. The van der Waals surface area contributed by atoms with Crippen LogP contribution in [-0.4, -0.2) is 44.3 Å². The topological polar surface area (TPSA) is 75.4 Å².